The molecule has 3 saturated heterocycles. The number of fused-ring (bicyclic) bond motifs is 6. The third kappa shape index (κ3) is 3.48. The minimum absolute atomic E-state index is 0.218. The fourth-order valence-electron chi connectivity index (χ4n) is 6.70. The molecule has 38 heavy (non-hydrogen) atoms. The predicted molar refractivity (Wildman–Crippen MR) is 137 cm³/mol. The van der Waals surface area contributed by atoms with Crippen molar-refractivity contribution < 1.29 is 23.5 Å². The monoisotopic (exact) mass is 509 g/mol. The Kier molecular flexibility index (Phi) is 5.66. The lowest BCUT2D eigenvalue weighted by molar-refractivity contribution is -0.132. The number of benzene rings is 3. The lowest BCUT2D eigenvalue weighted by atomic mass is 9.65. The summed E-state index contributed by atoms with van der Waals surface area (Å²) in [5, 5.41) is 10.7. The van der Waals surface area contributed by atoms with Gasteiger partial charge in [0.05, 0.1) is 48.0 Å². The number of rotatable bonds is 7. The quantitative estimate of drug-likeness (QED) is 0.301. The van der Waals surface area contributed by atoms with Gasteiger partial charge in [0, 0.05) is 12.8 Å². The molecule has 0 N–H and O–H groups in total. The second kappa shape index (κ2) is 8.93. The van der Waals surface area contributed by atoms with Crippen molar-refractivity contribution in [3.05, 3.63) is 77.9 Å². The van der Waals surface area contributed by atoms with E-state index in [9.17, 15) is 19.2 Å². The predicted octanol–water partition coefficient (Wildman–Crippen LogP) is 5.71. The van der Waals surface area contributed by atoms with Crippen LogP contribution in [-0.2, 0) is 14.3 Å². The fraction of sp³-hybridized carbons (Fsp3) is 0.333. The lowest BCUT2D eigenvalue weighted by Gasteiger charge is -2.31. The van der Waals surface area contributed by atoms with Gasteiger partial charge in [-0.25, -0.2) is 14.1 Å². The van der Waals surface area contributed by atoms with E-state index in [4.69, 9.17) is 16.0 Å². The smallest absolute Gasteiger partial charge is 0.240 e. The Labute approximate surface area is 219 Å². The summed E-state index contributed by atoms with van der Waals surface area (Å²) in [7, 11) is 0. The summed E-state index contributed by atoms with van der Waals surface area (Å²) in [5.41, 5.74) is -0.866. The van der Waals surface area contributed by atoms with Crippen LogP contribution in [0.2, 0.25) is 0 Å². The summed E-state index contributed by atoms with van der Waals surface area (Å²) in [6.45, 7) is 7.74. The van der Waals surface area contributed by atoms with Crippen molar-refractivity contribution in [1.82, 2.24) is 0 Å². The fourth-order valence-corrected chi connectivity index (χ4v) is 6.70. The van der Waals surface area contributed by atoms with E-state index in [2.05, 4.69) is 10.9 Å². The second-order valence-electron chi connectivity index (χ2n) is 10.2. The summed E-state index contributed by atoms with van der Waals surface area (Å²) in [6.07, 6.45) is 2.13. The molecule has 190 valence electrons. The third-order valence-corrected chi connectivity index (χ3v) is 8.32. The van der Waals surface area contributed by atoms with Crippen molar-refractivity contribution in [3.8, 4) is 11.8 Å². The number of amides is 2. The van der Waals surface area contributed by atoms with Crippen LogP contribution in [0.3, 0.4) is 0 Å². The Morgan fingerprint density at radius 1 is 1.00 bits per heavy atom. The van der Waals surface area contributed by atoms with Crippen molar-refractivity contribution in [1.29, 1.82) is 5.26 Å². The maximum Gasteiger partial charge on any atom is 0.240 e. The summed E-state index contributed by atoms with van der Waals surface area (Å²) < 4.78 is 25.8. The molecule has 0 aliphatic carbocycles. The number of ether oxygens (including phenoxy) is 2. The number of imide groups is 1. The van der Waals surface area contributed by atoms with Crippen LogP contribution in [0.15, 0.2) is 60.7 Å². The first-order valence-corrected chi connectivity index (χ1v) is 12.7. The molecule has 3 aromatic rings. The average Bonchev–Trinajstić information content (AvgIpc) is 3.54. The van der Waals surface area contributed by atoms with Gasteiger partial charge in [0.25, 0.3) is 0 Å². The standard InChI is InChI=1S/C30H24FN3O4/c1-33-23-11-12-24(22-6-3-2-5-21(22)23)34-27(35)25-26(28(34)36)30(15-14-29(25,38-30)13-4-17-32)16-18-37-20-9-7-19(31)8-10-20/h2-3,5-12,25-26H,4,13-16,18H2/t25-,26+,29?,30?/m1/s1. The van der Waals surface area contributed by atoms with E-state index in [0.717, 1.165) is 0 Å². The molecule has 0 aromatic heterocycles. The highest BCUT2D eigenvalue weighted by atomic mass is 19.1. The summed E-state index contributed by atoms with van der Waals surface area (Å²) in [6, 6.07) is 18.5. The average molecular weight is 510 g/mol. The number of anilines is 1. The molecule has 0 spiro atoms. The van der Waals surface area contributed by atoms with Gasteiger partial charge in [-0.2, -0.15) is 5.26 Å². The van der Waals surface area contributed by atoms with Gasteiger partial charge in [0.1, 0.15) is 11.6 Å². The zero-order valence-electron chi connectivity index (χ0n) is 20.5. The van der Waals surface area contributed by atoms with Gasteiger partial charge in [0.15, 0.2) is 5.69 Å². The van der Waals surface area contributed by atoms with Crippen LogP contribution in [0.4, 0.5) is 15.8 Å². The number of carbonyl (C=O) groups is 2. The van der Waals surface area contributed by atoms with Crippen LogP contribution in [0, 0.1) is 35.6 Å². The zero-order chi connectivity index (χ0) is 26.5. The highest BCUT2D eigenvalue weighted by Crippen LogP contribution is 2.64. The topological polar surface area (TPSA) is 84.0 Å². The molecular weight excluding hydrogens is 485 g/mol. The molecule has 4 atom stereocenters. The Balaban J connectivity index is 1.36. The number of nitriles is 1. The van der Waals surface area contributed by atoms with Gasteiger partial charge in [-0.05, 0) is 60.4 Å². The van der Waals surface area contributed by atoms with E-state index >= 15 is 0 Å². The Bertz CT molecular complexity index is 1540. The Hall–Kier alpha value is -4.27. The highest BCUT2D eigenvalue weighted by Gasteiger charge is 2.75. The number of halogens is 1. The van der Waals surface area contributed by atoms with Crippen molar-refractivity contribution in [3.63, 3.8) is 0 Å². The first-order valence-electron chi connectivity index (χ1n) is 12.7. The number of hydrogen-bond donors (Lipinski definition) is 0. The molecule has 7 nitrogen and oxygen atoms in total. The minimum Gasteiger partial charge on any atom is -0.493 e. The molecule has 2 unspecified atom stereocenters. The molecule has 3 fully saturated rings. The molecule has 3 aromatic carbocycles. The van der Waals surface area contributed by atoms with E-state index in [-0.39, 0.29) is 30.7 Å². The first-order chi connectivity index (χ1) is 18.4. The van der Waals surface area contributed by atoms with Crippen molar-refractivity contribution in [2.75, 3.05) is 11.5 Å². The normalized spacial score (nSPS) is 27.4. The maximum atomic E-state index is 14.1. The van der Waals surface area contributed by atoms with Crippen LogP contribution >= 0.6 is 0 Å². The molecule has 3 aliphatic heterocycles. The molecule has 6 rings (SSSR count). The zero-order valence-corrected chi connectivity index (χ0v) is 20.5. The molecule has 2 amide bonds. The number of hydrogen-bond acceptors (Lipinski definition) is 5. The van der Waals surface area contributed by atoms with Crippen LogP contribution in [-0.4, -0.2) is 29.6 Å². The molecule has 2 bridgehead atoms. The molecule has 3 heterocycles. The summed E-state index contributed by atoms with van der Waals surface area (Å²) in [5.74, 6) is -1.88. The molecule has 0 saturated carbocycles. The largest absolute Gasteiger partial charge is 0.493 e. The number of carbonyl (C=O) groups excluding carboxylic acids is 2. The van der Waals surface area contributed by atoms with E-state index in [1.54, 1.807) is 24.3 Å². The van der Waals surface area contributed by atoms with Crippen LogP contribution < -0.4 is 9.64 Å². The van der Waals surface area contributed by atoms with E-state index in [0.29, 0.717) is 53.6 Å². The first kappa shape index (κ1) is 24.1. The van der Waals surface area contributed by atoms with Crippen LogP contribution in [0.25, 0.3) is 15.6 Å². The van der Waals surface area contributed by atoms with Gasteiger partial charge in [-0.1, -0.05) is 30.3 Å². The highest BCUT2D eigenvalue weighted by molar-refractivity contribution is 6.26. The van der Waals surface area contributed by atoms with Gasteiger partial charge in [-0.3, -0.25) is 9.59 Å². The summed E-state index contributed by atoms with van der Waals surface area (Å²) >= 11 is 0. The Morgan fingerprint density at radius 3 is 2.32 bits per heavy atom. The van der Waals surface area contributed by atoms with Crippen LogP contribution in [0.1, 0.15) is 32.1 Å². The number of nitrogens with zero attached hydrogens (tertiary/aromatic N) is 3. The van der Waals surface area contributed by atoms with Crippen molar-refractivity contribution in [2.45, 2.75) is 43.3 Å². The Morgan fingerprint density at radius 2 is 1.66 bits per heavy atom. The van der Waals surface area contributed by atoms with Crippen molar-refractivity contribution >= 4 is 34.0 Å². The van der Waals surface area contributed by atoms with E-state index in [1.165, 1.54) is 17.0 Å². The molecule has 3 aliphatic rings. The van der Waals surface area contributed by atoms with Gasteiger partial charge < -0.3 is 9.47 Å². The van der Waals surface area contributed by atoms with E-state index in [1.807, 2.05) is 24.3 Å². The lowest BCUT2D eigenvalue weighted by Crippen LogP contribution is -2.43. The van der Waals surface area contributed by atoms with Gasteiger partial charge in [0.2, 0.25) is 11.8 Å². The van der Waals surface area contributed by atoms with Gasteiger partial charge in [-0.15, -0.1) is 0 Å². The van der Waals surface area contributed by atoms with Crippen molar-refractivity contribution in [2.24, 2.45) is 11.8 Å². The van der Waals surface area contributed by atoms with Crippen LogP contribution in [0.5, 0.6) is 5.75 Å². The third-order valence-electron chi connectivity index (χ3n) is 8.32. The molecule has 8 heteroatoms. The van der Waals surface area contributed by atoms with E-state index < -0.39 is 23.0 Å². The van der Waals surface area contributed by atoms with Gasteiger partial charge >= 0.3 is 0 Å². The summed E-state index contributed by atoms with van der Waals surface area (Å²) in [4.78, 5) is 33.0. The SMILES string of the molecule is [C-]#[N+]c1ccc(N2C(=O)[C@@H]3[C@H](C2=O)C2(CCC#N)CCC3(CCOc3ccc(F)cc3)O2)c2ccccc12. The minimum atomic E-state index is -0.895. The molecule has 0 radical (unpaired) electrons. The second-order valence-corrected chi connectivity index (χ2v) is 10.2. The molecular formula is C30H24FN3O4. The maximum absolute atomic E-state index is 14.1.